The molecule has 0 fully saturated rings. The lowest BCUT2D eigenvalue weighted by Crippen LogP contribution is -2.30. The third kappa shape index (κ3) is 5.42. The maximum Gasteiger partial charge on any atom is 0.160 e. The predicted octanol–water partition coefficient (Wildman–Crippen LogP) is 16.5. The summed E-state index contributed by atoms with van der Waals surface area (Å²) in [6.07, 6.45) is 0. The molecule has 0 atom stereocenters. The van der Waals surface area contributed by atoms with Gasteiger partial charge in [0.05, 0.1) is 22.8 Å². The van der Waals surface area contributed by atoms with Crippen molar-refractivity contribution in [2.75, 3.05) is 4.90 Å². The summed E-state index contributed by atoms with van der Waals surface area (Å²) in [4.78, 5) is 13.0. The Morgan fingerprint density at radius 3 is 1.52 bits per heavy atom. The van der Waals surface area contributed by atoms with Crippen LogP contribution in [0.3, 0.4) is 0 Å². The van der Waals surface area contributed by atoms with Crippen molar-refractivity contribution in [3.05, 3.63) is 222 Å². The maximum absolute atomic E-state index is 5.25. The van der Waals surface area contributed by atoms with Crippen LogP contribution in [-0.2, 0) is 10.8 Å². The molecule has 308 valence electrons. The molecule has 1 aromatic heterocycles. The summed E-state index contributed by atoms with van der Waals surface area (Å²) < 4.78 is 0. The van der Waals surface area contributed by atoms with Gasteiger partial charge in [0.1, 0.15) is 0 Å². The second-order valence-electron chi connectivity index (χ2n) is 18.9. The molecule has 0 saturated carbocycles. The number of aromatic nitrogens is 2. The van der Waals surface area contributed by atoms with Crippen molar-refractivity contribution in [3.63, 3.8) is 0 Å². The third-order valence-electron chi connectivity index (χ3n) is 14.6. The van der Waals surface area contributed by atoms with E-state index in [1.165, 1.54) is 93.5 Å². The van der Waals surface area contributed by atoms with Crippen LogP contribution < -0.4 is 4.90 Å². The van der Waals surface area contributed by atoms with Crippen molar-refractivity contribution >= 4 is 60.2 Å². The molecule has 11 aromatic rings. The van der Waals surface area contributed by atoms with E-state index >= 15 is 0 Å². The highest BCUT2D eigenvalue weighted by atomic mass is 15.2. The number of hydrogen-bond donors (Lipinski definition) is 0. The van der Waals surface area contributed by atoms with E-state index in [-0.39, 0.29) is 10.8 Å². The minimum absolute atomic E-state index is 0.122. The van der Waals surface area contributed by atoms with E-state index in [4.69, 9.17) is 9.97 Å². The first kappa shape index (κ1) is 37.7. The zero-order chi connectivity index (χ0) is 43.6. The number of hydrogen-bond acceptors (Lipinski definition) is 3. The summed E-state index contributed by atoms with van der Waals surface area (Å²) in [6.45, 7) is 9.60. The van der Waals surface area contributed by atoms with Crippen molar-refractivity contribution < 1.29 is 0 Å². The summed E-state index contributed by atoms with van der Waals surface area (Å²) in [5.74, 6) is 0.713. The molecule has 0 radical (unpaired) electrons. The molecule has 65 heavy (non-hydrogen) atoms. The minimum atomic E-state index is -0.313. The van der Waals surface area contributed by atoms with E-state index in [0.717, 1.165) is 28.1 Å². The van der Waals surface area contributed by atoms with Gasteiger partial charge in [0, 0.05) is 33.2 Å². The first-order chi connectivity index (χ1) is 31.8. The number of para-hydroxylation sites is 2. The smallest absolute Gasteiger partial charge is 0.160 e. The van der Waals surface area contributed by atoms with Gasteiger partial charge in [-0.2, -0.15) is 0 Å². The Labute approximate surface area is 379 Å². The van der Waals surface area contributed by atoms with Crippen LogP contribution in [0, 0.1) is 0 Å². The van der Waals surface area contributed by atoms with E-state index in [0.29, 0.717) is 5.82 Å². The summed E-state index contributed by atoms with van der Waals surface area (Å²) in [7, 11) is 0. The molecule has 0 bridgehead atoms. The quantitative estimate of drug-likeness (QED) is 0.165. The molecule has 13 rings (SSSR count). The highest BCUT2D eigenvalue weighted by molar-refractivity contribution is 6.35. The van der Waals surface area contributed by atoms with Crippen LogP contribution in [-0.4, -0.2) is 9.97 Å². The van der Waals surface area contributed by atoms with Gasteiger partial charge in [0.25, 0.3) is 0 Å². The zero-order valence-electron chi connectivity index (χ0n) is 36.9. The van der Waals surface area contributed by atoms with Crippen LogP contribution in [0.25, 0.3) is 88.1 Å². The molecule has 3 nitrogen and oxygen atoms in total. The van der Waals surface area contributed by atoms with Gasteiger partial charge in [-0.15, -0.1) is 0 Å². The van der Waals surface area contributed by atoms with Crippen LogP contribution in [0.2, 0.25) is 0 Å². The molecule has 0 unspecified atom stereocenters. The van der Waals surface area contributed by atoms with Crippen molar-refractivity contribution in [1.29, 1.82) is 0 Å². The lowest BCUT2D eigenvalue weighted by molar-refractivity contribution is 0.631. The normalized spacial score (nSPS) is 14.4. The average Bonchev–Trinajstić information content (AvgIpc) is 3.60. The van der Waals surface area contributed by atoms with Crippen molar-refractivity contribution in [1.82, 2.24) is 9.97 Å². The Balaban J connectivity index is 1.05. The van der Waals surface area contributed by atoms with E-state index in [1.54, 1.807) is 0 Å². The molecule has 0 spiro atoms. The van der Waals surface area contributed by atoms with E-state index in [1.807, 2.05) is 12.1 Å². The van der Waals surface area contributed by atoms with E-state index < -0.39 is 0 Å². The highest BCUT2D eigenvalue weighted by Crippen LogP contribution is 2.59. The van der Waals surface area contributed by atoms with E-state index in [2.05, 4.69) is 221 Å². The molecule has 3 heteroatoms. The topological polar surface area (TPSA) is 29.0 Å². The Hall–Kier alpha value is -7.88. The maximum atomic E-state index is 5.25. The average molecular weight is 832 g/mol. The Morgan fingerprint density at radius 1 is 0.369 bits per heavy atom. The molecule has 1 aliphatic carbocycles. The fourth-order valence-corrected chi connectivity index (χ4v) is 11.5. The number of fused-ring (bicyclic) bond motifs is 15. The Kier molecular flexibility index (Phi) is 8.00. The van der Waals surface area contributed by atoms with Gasteiger partial charge in [-0.25, -0.2) is 9.97 Å². The summed E-state index contributed by atoms with van der Waals surface area (Å²) >= 11 is 0. The van der Waals surface area contributed by atoms with Crippen molar-refractivity contribution in [2.24, 2.45) is 0 Å². The van der Waals surface area contributed by atoms with Gasteiger partial charge in [-0.1, -0.05) is 191 Å². The van der Waals surface area contributed by atoms with Crippen LogP contribution >= 0.6 is 0 Å². The molecule has 0 saturated heterocycles. The largest absolute Gasteiger partial charge is 0.310 e. The molecule has 0 amide bonds. The fourth-order valence-electron chi connectivity index (χ4n) is 11.5. The first-order valence-electron chi connectivity index (χ1n) is 22.7. The first-order valence-corrected chi connectivity index (χ1v) is 22.7. The fraction of sp³-hybridized carbons (Fsp3) is 0.0968. The van der Waals surface area contributed by atoms with Gasteiger partial charge in [-0.3, -0.25) is 0 Å². The summed E-state index contributed by atoms with van der Waals surface area (Å²) in [5.41, 5.74) is 16.3. The molecule has 0 N–H and O–H groups in total. The molecule has 10 aromatic carbocycles. The minimum Gasteiger partial charge on any atom is -0.310 e. The monoisotopic (exact) mass is 831 g/mol. The second kappa shape index (κ2) is 13.8. The van der Waals surface area contributed by atoms with Gasteiger partial charge in [0.15, 0.2) is 5.82 Å². The second-order valence-corrected chi connectivity index (χ2v) is 18.9. The van der Waals surface area contributed by atoms with Gasteiger partial charge in [-0.05, 0) is 113 Å². The lowest BCUT2D eigenvalue weighted by atomic mass is 9.73. The number of anilines is 3. The molecule has 1 aliphatic heterocycles. The van der Waals surface area contributed by atoms with Crippen molar-refractivity contribution in [2.45, 2.75) is 38.5 Å². The predicted molar refractivity (Wildman–Crippen MR) is 273 cm³/mol. The Bertz CT molecular complexity index is 3660. The standard InChI is InChI=1S/C62H45N3/c1-61(2)49-27-15-17-29-54(49)65(55-30-18-16-28-50(55)61)41-32-34-47-51(36-41)62(3,4)59-57(47)45-26-14-13-25-44(45)56-46-33-31-40(35-48(46)42-23-11-12-24-43(42)58(56)59)60-63-52(38-19-7-5-8-20-38)37-53(64-60)39-21-9-6-10-22-39/h5-37H,1-4H3. The number of nitrogens with zero attached hydrogens (tertiary/aromatic N) is 3. The van der Waals surface area contributed by atoms with Gasteiger partial charge >= 0.3 is 0 Å². The van der Waals surface area contributed by atoms with Crippen molar-refractivity contribution in [3.8, 4) is 45.0 Å². The molecule has 2 heterocycles. The van der Waals surface area contributed by atoms with Crippen LogP contribution in [0.4, 0.5) is 17.1 Å². The lowest BCUT2D eigenvalue weighted by Gasteiger charge is -2.42. The molecular formula is C62H45N3. The third-order valence-corrected chi connectivity index (χ3v) is 14.6. The Morgan fingerprint density at radius 2 is 0.892 bits per heavy atom. The SMILES string of the molecule is CC1(C)c2ccccc2N(c2ccc3c(c2)C(C)(C)c2c-3c3ccccc3c3c4ccc(-c5nc(-c6ccccc6)cc(-c6ccccc6)n5)cc4c4ccccc4c23)c2ccccc21. The van der Waals surface area contributed by atoms with Gasteiger partial charge < -0.3 is 4.90 Å². The number of rotatable bonds is 4. The summed E-state index contributed by atoms with van der Waals surface area (Å²) in [5, 5.41) is 10.1. The molecular weight excluding hydrogens is 787 g/mol. The highest BCUT2D eigenvalue weighted by Gasteiger charge is 2.41. The summed E-state index contributed by atoms with van der Waals surface area (Å²) in [6, 6.07) is 73.2. The molecule has 2 aliphatic rings. The number of benzene rings is 10. The van der Waals surface area contributed by atoms with Gasteiger partial charge in [0.2, 0.25) is 0 Å². The van der Waals surface area contributed by atoms with Crippen LogP contribution in [0.1, 0.15) is 49.9 Å². The zero-order valence-corrected chi connectivity index (χ0v) is 36.9. The van der Waals surface area contributed by atoms with E-state index in [9.17, 15) is 0 Å². The van der Waals surface area contributed by atoms with Crippen LogP contribution in [0.15, 0.2) is 200 Å². The van der Waals surface area contributed by atoms with Crippen LogP contribution in [0.5, 0.6) is 0 Å².